The van der Waals surface area contributed by atoms with E-state index in [4.69, 9.17) is 14.2 Å². The third-order valence-corrected chi connectivity index (χ3v) is 4.94. The number of esters is 1. The van der Waals surface area contributed by atoms with Gasteiger partial charge < -0.3 is 14.2 Å². The van der Waals surface area contributed by atoms with Gasteiger partial charge in [-0.2, -0.15) is 0 Å². The Kier molecular flexibility index (Phi) is 8.02. The quantitative estimate of drug-likeness (QED) is 0.610. The van der Waals surface area contributed by atoms with Gasteiger partial charge in [0.25, 0.3) is 0 Å². The van der Waals surface area contributed by atoms with Crippen molar-refractivity contribution < 1.29 is 23.8 Å². The molecule has 3 rings (SSSR count). The molecule has 2 aromatic rings. The fourth-order valence-electron chi connectivity index (χ4n) is 3.43. The Morgan fingerprint density at radius 1 is 1.00 bits per heavy atom. The number of hydrogen-bond donors (Lipinski definition) is 1. The topological polar surface area (TPSA) is 86.8 Å². The highest BCUT2D eigenvalue weighted by molar-refractivity contribution is 5.98. The van der Waals surface area contributed by atoms with Crippen LogP contribution in [-0.4, -0.2) is 30.3 Å². The highest BCUT2D eigenvalue weighted by atomic mass is 16.5. The van der Waals surface area contributed by atoms with Gasteiger partial charge in [0, 0.05) is 12.5 Å². The van der Waals surface area contributed by atoms with Crippen LogP contribution in [0.4, 0.5) is 4.79 Å². The van der Waals surface area contributed by atoms with Crippen LogP contribution in [0.3, 0.4) is 0 Å². The molecule has 1 aliphatic carbocycles. The number of alkyl carbamates (subject to hydrolysis) is 1. The Balaban J connectivity index is 1.93. The monoisotopic (exact) mass is 436 g/mol. The lowest BCUT2D eigenvalue weighted by Crippen LogP contribution is -2.28. The molecule has 0 aliphatic heterocycles. The SMILES string of the molecule is CCOC(=O)C1=C(CC)Cc2nc(OCC)ccc2C=C1NC(=O)OCc1ccccc1. The number of amides is 1. The molecule has 1 heterocycles. The van der Waals surface area contributed by atoms with E-state index < -0.39 is 12.1 Å². The van der Waals surface area contributed by atoms with Gasteiger partial charge in [-0.25, -0.2) is 14.6 Å². The van der Waals surface area contributed by atoms with Gasteiger partial charge in [0.15, 0.2) is 0 Å². The summed E-state index contributed by atoms with van der Waals surface area (Å²) in [6, 6.07) is 13.0. The number of hydrogen-bond acceptors (Lipinski definition) is 6. The van der Waals surface area contributed by atoms with Crippen LogP contribution in [0.15, 0.2) is 59.3 Å². The standard InChI is InChI=1S/C25H28N2O5/c1-4-18-14-20-19(12-13-22(26-20)30-5-2)15-21(23(18)24(28)31-6-3)27-25(29)32-16-17-10-8-7-9-11-17/h7-13,15H,4-6,14,16H2,1-3H3,(H,27,29). The molecule has 0 atom stereocenters. The number of allylic oxidation sites excluding steroid dienone is 1. The molecule has 0 fully saturated rings. The Labute approximate surface area is 188 Å². The molecule has 1 amide bonds. The van der Waals surface area contributed by atoms with Crippen LogP contribution in [0.25, 0.3) is 6.08 Å². The molecule has 0 spiro atoms. The summed E-state index contributed by atoms with van der Waals surface area (Å²) in [5.74, 6) is 0.0308. The lowest BCUT2D eigenvalue weighted by atomic mass is 10.00. The smallest absolute Gasteiger partial charge is 0.411 e. The van der Waals surface area contributed by atoms with Gasteiger partial charge >= 0.3 is 12.1 Å². The summed E-state index contributed by atoms with van der Waals surface area (Å²) < 4.78 is 16.2. The molecule has 7 nitrogen and oxygen atoms in total. The van der Waals surface area contributed by atoms with Crippen molar-refractivity contribution >= 4 is 18.1 Å². The van der Waals surface area contributed by atoms with Gasteiger partial charge in [-0.15, -0.1) is 0 Å². The predicted octanol–water partition coefficient (Wildman–Crippen LogP) is 4.57. The van der Waals surface area contributed by atoms with Crippen LogP contribution in [0.5, 0.6) is 5.88 Å². The summed E-state index contributed by atoms with van der Waals surface area (Å²) in [5.41, 5.74) is 3.91. The third-order valence-electron chi connectivity index (χ3n) is 4.94. The summed E-state index contributed by atoms with van der Waals surface area (Å²) in [7, 11) is 0. The van der Waals surface area contributed by atoms with E-state index in [0.717, 1.165) is 22.4 Å². The second kappa shape index (κ2) is 11.1. The lowest BCUT2D eigenvalue weighted by molar-refractivity contribution is -0.138. The van der Waals surface area contributed by atoms with Crippen molar-refractivity contribution in [2.75, 3.05) is 13.2 Å². The minimum atomic E-state index is -0.653. The van der Waals surface area contributed by atoms with Gasteiger partial charge in [0.2, 0.25) is 5.88 Å². The number of aromatic nitrogens is 1. The molecule has 0 unspecified atom stereocenters. The third kappa shape index (κ3) is 5.75. The molecular formula is C25H28N2O5. The van der Waals surface area contributed by atoms with Crippen LogP contribution in [0, 0.1) is 0 Å². The van der Waals surface area contributed by atoms with Crippen molar-refractivity contribution in [3.05, 3.63) is 76.1 Å². The molecule has 1 aromatic heterocycles. The average Bonchev–Trinajstić information content (AvgIpc) is 2.94. The van der Waals surface area contributed by atoms with Crippen LogP contribution in [0.1, 0.15) is 44.0 Å². The number of fused-ring (bicyclic) bond motifs is 1. The van der Waals surface area contributed by atoms with Gasteiger partial charge in [0.05, 0.1) is 30.2 Å². The number of benzene rings is 1. The zero-order chi connectivity index (χ0) is 22.9. The lowest BCUT2D eigenvalue weighted by Gasteiger charge is -2.15. The van der Waals surface area contributed by atoms with Crippen molar-refractivity contribution in [1.82, 2.24) is 10.3 Å². The molecule has 0 radical (unpaired) electrons. The zero-order valence-electron chi connectivity index (χ0n) is 18.6. The van der Waals surface area contributed by atoms with Gasteiger partial charge in [-0.1, -0.05) is 37.3 Å². The fraction of sp³-hybridized carbons (Fsp3) is 0.320. The first-order chi connectivity index (χ1) is 15.5. The maximum absolute atomic E-state index is 12.9. The van der Waals surface area contributed by atoms with Crippen molar-refractivity contribution in [2.24, 2.45) is 0 Å². The van der Waals surface area contributed by atoms with E-state index in [1.165, 1.54) is 0 Å². The minimum Gasteiger partial charge on any atom is -0.478 e. The Morgan fingerprint density at radius 2 is 1.78 bits per heavy atom. The van der Waals surface area contributed by atoms with Crippen LogP contribution < -0.4 is 10.1 Å². The largest absolute Gasteiger partial charge is 0.478 e. The Bertz CT molecular complexity index is 1030. The summed E-state index contributed by atoms with van der Waals surface area (Å²) in [6.07, 6.45) is 2.12. The number of rotatable bonds is 8. The molecule has 7 heteroatoms. The van der Waals surface area contributed by atoms with E-state index in [0.29, 0.717) is 36.6 Å². The van der Waals surface area contributed by atoms with E-state index >= 15 is 0 Å². The molecule has 1 aliphatic rings. The molecule has 0 bridgehead atoms. The second-order valence-electron chi connectivity index (χ2n) is 7.09. The van der Waals surface area contributed by atoms with Gasteiger partial charge in [-0.3, -0.25) is 5.32 Å². The normalized spacial score (nSPS) is 12.9. The van der Waals surface area contributed by atoms with Crippen molar-refractivity contribution in [3.63, 3.8) is 0 Å². The molecule has 0 saturated carbocycles. The summed E-state index contributed by atoms with van der Waals surface area (Å²) in [5, 5.41) is 2.75. The summed E-state index contributed by atoms with van der Waals surface area (Å²) >= 11 is 0. The van der Waals surface area contributed by atoms with Crippen LogP contribution in [-0.2, 0) is 27.3 Å². The van der Waals surface area contributed by atoms with E-state index in [2.05, 4.69) is 10.3 Å². The van der Waals surface area contributed by atoms with E-state index in [9.17, 15) is 9.59 Å². The molecule has 1 N–H and O–H groups in total. The molecule has 32 heavy (non-hydrogen) atoms. The average molecular weight is 437 g/mol. The molecule has 168 valence electrons. The number of carbonyl (C=O) groups is 2. The van der Waals surface area contributed by atoms with Crippen molar-refractivity contribution in [1.29, 1.82) is 0 Å². The molecule has 0 saturated heterocycles. The number of ether oxygens (including phenoxy) is 3. The minimum absolute atomic E-state index is 0.120. The molecule has 1 aromatic carbocycles. The number of nitrogens with zero attached hydrogens (tertiary/aromatic N) is 1. The van der Waals surface area contributed by atoms with Crippen LogP contribution in [0.2, 0.25) is 0 Å². The first-order valence-corrected chi connectivity index (χ1v) is 10.8. The highest BCUT2D eigenvalue weighted by Gasteiger charge is 2.26. The fourth-order valence-corrected chi connectivity index (χ4v) is 3.43. The van der Waals surface area contributed by atoms with E-state index in [-0.39, 0.29) is 13.2 Å². The van der Waals surface area contributed by atoms with Crippen molar-refractivity contribution in [2.45, 2.75) is 40.2 Å². The Morgan fingerprint density at radius 3 is 2.47 bits per heavy atom. The number of carbonyl (C=O) groups excluding carboxylic acids is 2. The maximum atomic E-state index is 12.9. The predicted molar refractivity (Wildman–Crippen MR) is 121 cm³/mol. The van der Waals surface area contributed by atoms with Crippen LogP contribution >= 0.6 is 0 Å². The summed E-state index contributed by atoms with van der Waals surface area (Å²) in [4.78, 5) is 30.0. The summed E-state index contributed by atoms with van der Waals surface area (Å²) in [6.45, 7) is 6.45. The first kappa shape index (κ1) is 23.1. The first-order valence-electron chi connectivity index (χ1n) is 10.8. The Hall–Kier alpha value is -3.61. The number of pyridine rings is 1. The van der Waals surface area contributed by atoms with Gasteiger partial charge in [-0.05, 0) is 49.1 Å². The highest BCUT2D eigenvalue weighted by Crippen LogP contribution is 2.30. The second-order valence-corrected chi connectivity index (χ2v) is 7.09. The van der Waals surface area contributed by atoms with E-state index in [1.807, 2.05) is 50.2 Å². The maximum Gasteiger partial charge on any atom is 0.411 e. The van der Waals surface area contributed by atoms with E-state index in [1.54, 1.807) is 19.1 Å². The van der Waals surface area contributed by atoms with Crippen molar-refractivity contribution in [3.8, 4) is 5.88 Å². The number of nitrogens with one attached hydrogen (secondary N) is 1. The molecular weight excluding hydrogens is 408 g/mol. The van der Waals surface area contributed by atoms with Gasteiger partial charge in [0.1, 0.15) is 6.61 Å². The zero-order valence-corrected chi connectivity index (χ0v) is 18.6.